The Labute approximate surface area is 157 Å². The highest BCUT2D eigenvalue weighted by Gasteiger charge is 2.28. The third-order valence-electron chi connectivity index (χ3n) is 4.78. The fourth-order valence-corrected chi connectivity index (χ4v) is 3.97. The van der Waals surface area contributed by atoms with Gasteiger partial charge >= 0.3 is 0 Å². The highest BCUT2D eigenvalue weighted by atomic mass is 32.2. The molecule has 2 atom stereocenters. The van der Waals surface area contributed by atoms with Crippen molar-refractivity contribution in [3.63, 3.8) is 0 Å². The fraction of sp³-hybridized carbons (Fsp3) is 0.389. The first kappa shape index (κ1) is 18.9. The molecular weight excluding hydrogens is 366 g/mol. The smallest absolute Gasteiger partial charge is 0.254 e. The zero-order valence-corrected chi connectivity index (χ0v) is 15.7. The quantitative estimate of drug-likeness (QED) is 0.810. The van der Waals surface area contributed by atoms with Gasteiger partial charge in [0.25, 0.3) is 5.91 Å². The molecule has 0 saturated heterocycles. The third kappa shape index (κ3) is 4.11. The monoisotopic (exact) mass is 387 g/mol. The van der Waals surface area contributed by atoms with Crippen LogP contribution < -0.4 is 11.1 Å². The Bertz CT molecular complexity index is 989. The van der Waals surface area contributed by atoms with E-state index in [1.165, 1.54) is 12.1 Å². The standard InChI is InChI=1S/C18H21N5O3S/c1-27(25,26)14-8-6-13(7-9-14)21-18-15(17(20)24)11-23(22-18)16-5-3-2-4-12(16)10-19/h6-9,11-12,16H,2-5H2,1H3,(H2,20,24)(H,21,22)/t12-,16+/m1/s1. The van der Waals surface area contributed by atoms with E-state index < -0.39 is 15.7 Å². The number of nitrogens with one attached hydrogen (secondary N) is 1. The number of rotatable bonds is 5. The molecule has 1 heterocycles. The molecule has 0 bridgehead atoms. The molecular formula is C18H21N5O3S. The number of nitriles is 1. The summed E-state index contributed by atoms with van der Waals surface area (Å²) in [5.41, 5.74) is 6.29. The van der Waals surface area contributed by atoms with E-state index in [9.17, 15) is 18.5 Å². The number of amides is 1. The van der Waals surface area contributed by atoms with Crippen LogP contribution in [0, 0.1) is 17.2 Å². The van der Waals surface area contributed by atoms with E-state index in [0.29, 0.717) is 5.69 Å². The molecule has 3 N–H and O–H groups in total. The lowest BCUT2D eigenvalue weighted by Gasteiger charge is -2.26. The molecule has 1 fully saturated rings. The maximum absolute atomic E-state index is 11.8. The number of nitrogens with two attached hydrogens (primary N) is 1. The summed E-state index contributed by atoms with van der Waals surface area (Å²) in [6, 6.07) is 8.38. The molecule has 27 heavy (non-hydrogen) atoms. The zero-order valence-electron chi connectivity index (χ0n) is 14.9. The lowest BCUT2D eigenvalue weighted by molar-refractivity contribution is 0.100. The molecule has 9 heteroatoms. The maximum Gasteiger partial charge on any atom is 0.254 e. The van der Waals surface area contributed by atoms with Gasteiger partial charge in [0, 0.05) is 18.1 Å². The predicted octanol–water partition coefficient (Wildman–Crippen LogP) is 2.38. The Balaban J connectivity index is 1.90. The molecule has 0 aliphatic heterocycles. The molecule has 142 valence electrons. The minimum Gasteiger partial charge on any atom is -0.365 e. The van der Waals surface area contributed by atoms with Gasteiger partial charge in [-0.2, -0.15) is 10.4 Å². The van der Waals surface area contributed by atoms with Gasteiger partial charge in [-0.3, -0.25) is 9.48 Å². The summed E-state index contributed by atoms with van der Waals surface area (Å²) in [5.74, 6) is -0.487. The Hall–Kier alpha value is -2.86. The molecule has 3 rings (SSSR count). The predicted molar refractivity (Wildman–Crippen MR) is 100 cm³/mol. The second-order valence-corrected chi connectivity index (χ2v) is 8.76. The largest absolute Gasteiger partial charge is 0.365 e. The molecule has 1 aliphatic carbocycles. The average Bonchev–Trinajstić information content (AvgIpc) is 3.05. The van der Waals surface area contributed by atoms with Crippen molar-refractivity contribution in [2.45, 2.75) is 36.6 Å². The van der Waals surface area contributed by atoms with Crippen LogP contribution in [0.5, 0.6) is 0 Å². The first-order valence-corrected chi connectivity index (χ1v) is 10.5. The van der Waals surface area contributed by atoms with E-state index in [4.69, 9.17) is 5.73 Å². The van der Waals surface area contributed by atoms with E-state index >= 15 is 0 Å². The number of primary amides is 1. The van der Waals surface area contributed by atoms with Crippen LogP contribution >= 0.6 is 0 Å². The number of carbonyl (C=O) groups excluding carboxylic acids is 1. The van der Waals surface area contributed by atoms with Crippen molar-refractivity contribution in [1.29, 1.82) is 5.26 Å². The first-order chi connectivity index (χ1) is 12.8. The minimum absolute atomic E-state index is 0.0926. The number of nitrogens with zero attached hydrogens (tertiary/aromatic N) is 3. The number of carbonyl (C=O) groups is 1. The van der Waals surface area contributed by atoms with Crippen molar-refractivity contribution in [2.24, 2.45) is 11.7 Å². The Morgan fingerprint density at radius 1 is 1.30 bits per heavy atom. The molecule has 8 nitrogen and oxygen atoms in total. The molecule has 1 aromatic carbocycles. The van der Waals surface area contributed by atoms with Gasteiger partial charge < -0.3 is 11.1 Å². The number of benzene rings is 1. The highest BCUT2D eigenvalue weighted by Crippen LogP contribution is 2.34. The van der Waals surface area contributed by atoms with Crippen LogP contribution in [-0.4, -0.2) is 30.4 Å². The molecule has 0 unspecified atom stereocenters. The zero-order chi connectivity index (χ0) is 19.6. The summed E-state index contributed by atoms with van der Waals surface area (Å²) in [6.45, 7) is 0. The van der Waals surface area contributed by atoms with Gasteiger partial charge in [-0.05, 0) is 37.1 Å². The van der Waals surface area contributed by atoms with Crippen LogP contribution in [0.15, 0.2) is 35.4 Å². The molecule has 1 aromatic heterocycles. The van der Waals surface area contributed by atoms with Crippen LogP contribution in [0.4, 0.5) is 11.5 Å². The van der Waals surface area contributed by atoms with Crippen LogP contribution in [0.2, 0.25) is 0 Å². The third-order valence-corrected chi connectivity index (χ3v) is 5.91. The van der Waals surface area contributed by atoms with E-state index in [1.807, 2.05) is 0 Å². The van der Waals surface area contributed by atoms with Gasteiger partial charge in [0.2, 0.25) is 0 Å². The highest BCUT2D eigenvalue weighted by molar-refractivity contribution is 7.90. The molecule has 2 aromatic rings. The molecule has 1 amide bonds. The normalized spacial score (nSPS) is 20.0. The fourth-order valence-electron chi connectivity index (χ4n) is 3.33. The lowest BCUT2D eigenvalue weighted by Crippen LogP contribution is -2.22. The van der Waals surface area contributed by atoms with Gasteiger partial charge in [0.05, 0.1) is 22.9 Å². The SMILES string of the molecule is CS(=O)(=O)c1ccc(Nc2nn([C@H]3CCCC[C@@H]3C#N)cc2C(N)=O)cc1. The van der Waals surface area contributed by atoms with Crippen molar-refractivity contribution in [3.05, 3.63) is 36.0 Å². The Kier molecular flexibility index (Phi) is 5.19. The van der Waals surface area contributed by atoms with Crippen LogP contribution in [-0.2, 0) is 9.84 Å². The van der Waals surface area contributed by atoms with E-state index in [2.05, 4.69) is 16.5 Å². The van der Waals surface area contributed by atoms with Gasteiger partial charge in [-0.25, -0.2) is 8.42 Å². The number of hydrogen-bond donors (Lipinski definition) is 2. The first-order valence-electron chi connectivity index (χ1n) is 8.65. The number of hydrogen-bond acceptors (Lipinski definition) is 6. The summed E-state index contributed by atoms with van der Waals surface area (Å²) < 4.78 is 24.8. The molecule has 1 saturated carbocycles. The summed E-state index contributed by atoms with van der Waals surface area (Å²) in [5, 5.41) is 16.9. The van der Waals surface area contributed by atoms with E-state index in [0.717, 1.165) is 31.9 Å². The molecule has 1 aliphatic rings. The molecule has 0 spiro atoms. The van der Waals surface area contributed by atoms with Crippen molar-refractivity contribution in [1.82, 2.24) is 9.78 Å². The number of aromatic nitrogens is 2. The maximum atomic E-state index is 11.8. The average molecular weight is 387 g/mol. The van der Waals surface area contributed by atoms with Crippen LogP contribution in [0.3, 0.4) is 0 Å². The number of sulfone groups is 1. The minimum atomic E-state index is -3.29. The lowest BCUT2D eigenvalue weighted by atomic mass is 9.85. The number of anilines is 2. The van der Waals surface area contributed by atoms with Crippen LogP contribution in [0.1, 0.15) is 42.1 Å². The van der Waals surface area contributed by atoms with Crippen LogP contribution in [0.25, 0.3) is 0 Å². The van der Waals surface area contributed by atoms with Crippen molar-refractivity contribution >= 4 is 27.2 Å². The second kappa shape index (κ2) is 7.40. The van der Waals surface area contributed by atoms with Gasteiger partial charge in [0.1, 0.15) is 5.56 Å². The van der Waals surface area contributed by atoms with Gasteiger partial charge in [0.15, 0.2) is 15.7 Å². The van der Waals surface area contributed by atoms with Gasteiger partial charge in [-0.1, -0.05) is 12.8 Å². The van der Waals surface area contributed by atoms with Crippen molar-refractivity contribution in [3.8, 4) is 6.07 Å². The molecule has 0 radical (unpaired) electrons. The van der Waals surface area contributed by atoms with Gasteiger partial charge in [-0.15, -0.1) is 0 Å². The van der Waals surface area contributed by atoms with Crippen molar-refractivity contribution in [2.75, 3.05) is 11.6 Å². The Morgan fingerprint density at radius 3 is 2.56 bits per heavy atom. The summed E-state index contributed by atoms with van der Waals surface area (Å²) in [6.07, 6.45) is 6.36. The Morgan fingerprint density at radius 2 is 1.96 bits per heavy atom. The summed E-state index contributed by atoms with van der Waals surface area (Å²) >= 11 is 0. The van der Waals surface area contributed by atoms with Crippen molar-refractivity contribution < 1.29 is 13.2 Å². The van der Waals surface area contributed by atoms with E-state index in [1.54, 1.807) is 23.0 Å². The van der Waals surface area contributed by atoms with E-state index in [-0.39, 0.29) is 28.2 Å². The second-order valence-electron chi connectivity index (χ2n) is 6.74. The summed E-state index contributed by atoms with van der Waals surface area (Å²) in [4.78, 5) is 12.0. The topological polar surface area (TPSA) is 131 Å². The summed E-state index contributed by atoms with van der Waals surface area (Å²) in [7, 11) is -3.29.